The minimum absolute atomic E-state index is 0.0760. The van der Waals surface area contributed by atoms with Gasteiger partial charge >= 0.3 is 0 Å². The van der Waals surface area contributed by atoms with Gasteiger partial charge in [-0.1, -0.05) is 12.1 Å². The number of aliphatic hydroxyl groups excluding tert-OH is 2. The molecule has 2 saturated heterocycles. The molecule has 2 N–H and O–H groups in total. The van der Waals surface area contributed by atoms with Crippen LogP contribution in [0.15, 0.2) is 24.3 Å². The van der Waals surface area contributed by atoms with Crippen LogP contribution < -0.4 is 4.90 Å². The highest BCUT2D eigenvalue weighted by atomic mass is 16.3. The van der Waals surface area contributed by atoms with E-state index in [0.29, 0.717) is 6.54 Å². The van der Waals surface area contributed by atoms with Crippen LogP contribution in [0.5, 0.6) is 0 Å². The molecule has 2 aliphatic rings. The summed E-state index contributed by atoms with van der Waals surface area (Å²) >= 11 is 0. The molecule has 0 aliphatic carbocycles. The molecule has 2 fully saturated rings. The predicted molar refractivity (Wildman–Crippen MR) is 98.8 cm³/mol. The van der Waals surface area contributed by atoms with Gasteiger partial charge in [-0.15, -0.1) is 0 Å². The van der Waals surface area contributed by atoms with Crippen molar-refractivity contribution in [2.24, 2.45) is 5.41 Å². The third kappa shape index (κ3) is 2.92. The number of likely N-dealkylation sites (tertiary alicyclic amines) is 1. The number of para-hydroxylation sites is 2. The van der Waals surface area contributed by atoms with Gasteiger partial charge in [-0.05, 0) is 38.4 Å². The second-order valence-electron chi connectivity index (χ2n) is 7.71. The smallest absolute Gasteiger partial charge is 0.206 e. The molecule has 6 nitrogen and oxygen atoms in total. The van der Waals surface area contributed by atoms with Crippen molar-refractivity contribution in [3.63, 3.8) is 0 Å². The van der Waals surface area contributed by atoms with E-state index >= 15 is 0 Å². The summed E-state index contributed by atoms with van der Waals surface area (Å²) in [4.78, 5) is 9.52. The van der Waals surface area contributed by atoms with Crippen molar-refractivity contribution >= 4 is 17.0 Å². The number of anilines is 1. The molecule has 1 spiro atoms. The monoisotopic (exact) mass is 344 g/mol. The Morgan fingerprint density at radius 2 is 2.08 bits per heavy atom. The molecule has 0 radical (unpaired) electrons. The van der Waals surface area contributed by atoms with Crippen molar-refractivity contribution in [3.8, 4) is 0 Å². The maximum Gasteiger partial charge on any atom is 0.206 e. The summed E-state index contributed by atoms with van der Waals surface area (Å²) in [7, 11) is 2.15. The van der Waals surface area contributed by atoms with Gasteiger partial charge < -0.3 is 24.6 Å². The maximum atomic E-state index is 10.8. The molecule has 25 heavy (non-hydrogen) atoms. The molecule has 0 saturated carbocycles. The van der Waals surface area contributed by atoms with Crippen LogP contribution in [-0.4, -0.2) is 70.6 Å². The van der Waals surface area contributed by atoms with Crippen molar-refractivity contribution < 1.29 is 10.2 Å². The second kappa shape index (κ2) is 6.59. The molecular formula is C19H28N4O2. The van der Waals surface area contributed by atoms with E-state index in [4.69, 9.17) is 4.98 Å². The average molecular weight is 344 g/mol. The van der Waals surface area contributed by atoms with Crippen molar-refractivity contribution in [2.75, 3.05) is 44.7 Å². The zero-order valence-electron chi connectivity index (χ0n) is 14.9. The molecule has 0 amide bonds. The van der Waals surface area contributed by atoms with E-state index in [9.17, 15) is 10.2 Å². The number of hydrogen-bond acceptors (Lipinski definition) is 5. The molecule has 4 rings (SSSR count). The molecule has 1 aromatic carbocycles. The van der Waals surface area contributed by atoms with Crippen molar-refractivity contribution in [3.05, 3.63) is 24.3 Å². The van der Waals surface area contributed by atoms with Crippen LogP contribution in [0.25, 0.3) is 11.0 Å². The maximum absolute atomic E-state index is 10.8. The van der Waals surface area contributed by atoms with Crippen LogP contribution in [0.2, 0.25) is 0 Å². The Morgan fingerprint density at radius 3 is 2.92 bits per heavy atom. The summed E-state index contributed by atoms with van der Waals surface area (Å²) < 4.78 is 2.12. The SMILES string of the molecule is CN1CC[C@H](O)[C@@]2(CCCN(c3nc4ccccc4n3CCO)C2)C1. The average Bonchev–Trinajstić information content (AvgIpc) is 2.98. The number of aromatic nitrogens is 2. The number of piperidine rings is 2. The second-order valence-corrected chi connectivity index (χ2v) is 7.71. The fourth-order valence-corrected chi connectivity index (χ4v) is 4.73. The summed E-state index contributed by atoms with van der Waals surface area (Å²) in [6.45, 7) is 4.32. The Kier molecular flexibility index (Phi) is 4.43. The predicted octanol–water partition coefficient (Wildman–Crippen LogP) is 1.31. The molecular weight excluding hydrogens is 316 g/mol. The van der Waals surface area contributed by atoms with Gasteiger partial charge in [0.1, 0.15) is 0 Å². The normalized spacial score (nSPS) is 28.1. The first-order valence-electron chi connectivity index (χ1n) is 9.31. The molecule has 2 aliphatic heterocycles. The number of benzene rings is 1. The Bertz CT molecular complexity index is 746. The molecule has 0 unspecified atom stereocenters. The Morgan fingerprint density at radius 1 is 1.24 bits per heavy atom. The van der Waals surface area contributed by atoms with Crippen LogP contribution in [0.4, 0.5) is 5.95 Å². The van der Waals surface area contributed by atoms with E-state index in [-0.39, 0.29) is 18.1 Å². The number of aliphatic hydroxyl groups is 2. The molecule has 2 atom stereocenters. The number of nitrogens with zero attached hydrogens (tertiary/aromatic N) is 4. The fraction of sp³-hybridized carbons (Fsp3) is 0.632. The summed E-state index contributed by atoms with van der Waals surface area (Å²) in [6, 6.07) is 8.10. The van der Waals surface area contributed by atoms with Gasteiger partial charge in [-0.25, -0.2) is 4.98 Å². The van der Waals surface area contributed by atoms with Gasteiger partial charge in [0.25, 0.3) is 0 Å². The topological polar surface area (TPSA) is 64.8 Å². The zero-order chi connectivity index (χ0) is 17.4. The molecule has 2 aromatic rings. The lowest BCUT2D eigenvalue weighted by atomic mass is 9.71. The van der Waals surface area contributed by atoms with Gasteiger partial charge in [-0.3, -0.25) is 0 Å². The van der Waals surface area contributed by atoms with Gasteiger partial charge in [0.2, 0.25) is 5.95 Å². The van der Waals surface area contributed by atoms with Gasteiger partial charge in [-0.2, -0.15) is 0 Å². The standard InChI is InChI=1S/C19H28N4O2/c1-21-10-7-17(25)19(13-21)8-4-9-22(14-19)18-20-15-5-2-3-6-16(15)23(18)11-12-24/h2-3,5-6,17,24-25H,4,7-14H2,1H3/t17-,19-/m0/s1. The Balaban J connectivity index is 1.69. The number of fused-ring (bicyclic) bond motifs is 1. The van der Waals surface area contributed by atoms with Gasteiger partial charge in [0.05, 0.1) is 23.7 Å². The first kappa shape index (κ1) is 16.8. The first-order valence-corrected chi connectivity index (χ1v) is 9.31. The number of rotatable bonds is 3. The summed E-state index contributed by atoms with van der Waals surface area (Å²) in [5.74, 6) is 0.926. The molecule has 3 heterocycles. The number of imidazole rings is 1. The van der Waals surface area contributed by atoms with E-state index in [1.54, 1.807) is 0 Å². The Hall–Kier alpha value is -1.63. The summed E-state index contributed by atoms with van der Waals surface area (Å²) in [6.07, 6.45) is 2.72. The third-order valence-corrected chi connectivity index (χ3v) is 5.93. The van der Waals surface area contributed by atoms with E-state index < -0.39 is 0 Å². The van der Waals surface area contributed by atoms with Crippen LogP contribution in [0.1, 0.15) is 19.3 Å². The van der Waals surface area contributed by atoms with Gasteiger partial charge in [0.15, 0.2) is 0 Å². The van der Waals surface area contributed by atoms with Gasteiger partial charge in [0, 0.05) is 38.1 Å². The first-order chi connectivity index (χ1) is 12.1. The van der Waals surface area contributed by atoms with E-state index in [2.05, 4.69) is 27.5 Å². The minimum Gasteiger partial charge on any atom is -0.395 e. The minimum atomic E-state index is -0.248. The highest BCUT2D eigenvalue weighted by Gasteiger charge is 2.45. The summed E-state index contributed by atoms with van der Waals surface area (Å²) in [5.41, 5.74) is 1.95. The van der Waals surface area contributed by atoms with Crippen molar-refractivity contribution in [1.29, 1.82) is 0 Å². The highest BCUT2D eigenvalue weighted by molar-refractivity contribution is 5.78. The zero-order valence-corrected chi connectivity index (χ0v) is 14.9. The third-order valence-electron chi connectivity index (χ3n) is 5.93. The number of hydrogen-bond donors (Lipinski definition) is 2. The van der Waals surface area contributed by atoms with Crippen LogP contribution >= 0.6 is 0 Å². The van der Waals surface area contributed by atoms with Crippen molar-refractivity contribution in [1.82, 2.24) is 14.5 Å². The quantitative estimate of drug-likeness (QED) is 0.879. The largest absolute Gasteiger partial charge is 0.395 e. The molecule has 1 aromatic heterocycles. The van der Waals surface area contributed by atoms with Crippen LogP contribution in [-0.2, 0) is 6.54 Å². The van der Waals surface area contributed by atoms with E-state index in [1.165, 1.54) is 0 Å². The van der Waals surface area contributed by atoms with E-state index in [1.807, 2.05) is 18.2 Å². The van der Waals surface area contributed by atoms with Crippen molar-refractivity contribution in [2.45, 2.75) is 31.9 Å². The highest BCUT2D eigenvalue weighted by Crippen LogP contribution is 2.40. The lowest BCUT2D eigenvalue weighted by molar-refractivity contribution is -0.0468. The lowest BCUT2D eigenvalue weighted by Crippen LogP contribution is -2.58. The molecule has 6 heteroatoms. The molecule has 0 bridgehead atoms. The van der Waals surface area contributed by atoms with Crippen LogP contribution in [0.3, 0.4) is 0 Å². The fourth-order valence-electron chi connectivity index (χ4n) is 4.73. The molecule has 136 valence electrons. The van der Waals surface area contributed by atoms with Crippen LogP contribution in [0, 0.1) is 5.41 Å². The Labute approximate surface area is 148 Å². The lowest BCUT2D eigenvalue weighted by Gasteiger charge is -2.50. The van der Waals surface area contributed by atoms with E-state index in [0.717, 1.165) is 62.4 Å². The summed E-state index contributed by atoms with van der Waals surface area (Å²) in [5, 5.41) is 20.3.